The predicted octanol–water partition coefficient (Wildman–Crippen LogP) is 5.56. The second-order valence-corrected chi connectivity index (χ2v) is 11.1. The number of morpholine rings is 1. The summed E-state index contributed by atoms with van der Waals surface area (Å²) in [5.41, 5.74) is 11.9. The van der Waals surface area contributed by atoms with Crippen LogP contribution in [0.15, 0.2) is 67.0 Å². The number of imidazole rings is 1. The number of fused-ring (bicyclic) bond motifs is 2. The fourth-order valence-electron chi connectivity index (χ4n) is 6.07. The van der Waals surface area contributed by atoms with Crippen molar-refractivity contribution < 1.29 is 9.47 Å². The molecule has 0 amide bonds. The first-order chi connectivity index (χ1) is 19.5. The van der Waals surface area contributed by atoms with Crippen molar-refractivity contribution in [1.29, 1.82) is 0 Å². The molecule has 2 aliphatic rings. The van der Waals surface area contributed by atoms with Crippen LogP contribution in [0, 0.1) is 0 Å². The molecule has 0 atom stereocenters. The van der Waals surface area contributed by atoms with E-state index in [0.717, 1.165) is 89.7 Å². The Kier molecular flexibility index (Phi) is 6.37. The molecule has 0 spiro atoms. The van der Waals surface area contributed by atoms with Gasteiger partial charge in [0.1, 0.15) is 28.6 Å². The van der Waals surface area contributed by atoms with Gasteiger partial charge < -0.3 is 15.2 Å². The largest absolute Gasteiger partial charge is 0.490 e. The number of nitrogen functional groups attached to an aromatic ring is 1. The van der Waals surface area contributed by atoms with E-state index in [4.69, 9.17) is 25.2 Å². The molecule has 204 valence electrons. The number of hydrogen-bond donors (Lipinski definition) is 1. The van der Waals surface area contributed by atoms with Crippen LogP contribution in [0.5, 0.6) is 5.75 Å². The Balaban J connectivity index is 1.30. The van der Waals surface area contributed by atoms with Crippen molar-refractivity contribution in [2.75, 3.05) is 32.0 Å². The molecule has 2 aromatic carbocycles. The predicted molar refractivity (Wildman–Crippen MR) is 157 cm³/mol. The molecule has 4 heterocycles. The van der Waals surface area contributed by atoms with Crippen molar-refractivity contribution >= 4 is 22.2 Å². The van der Waals surface area contributed by atoms with E-state index in [1.165, 1.54) is 0 Å². The van der Waals surface area contributed by atoms with Gasteiger partial charge in [-0.2, -0.15) is 0 Å². The van der Waals surface area contributed by atoms with Crippen LogP contribution in [0.25, 0.3) is 38.9 Å². The van der Waals surface area contributed by atoms with Gasteiger partial charge in [0.05, 0.1) is 30.5 Å². The van der Waals surface area contributed by atoms with Crippen molar-refractivity contribution in [3.8, 4) is 28.3 Å². The lowest BCUT2D eigenvalue weighted by molar-refractivity contribution is -0.00778. The minimum atomic E-state index is 0.0446. The van der Waals surface area contributed by atoms with Crippen molar-refractivity contribution in [2.24, 2.45) is 0 Å². The molecule has 1 aliphatic carbocycles. The molecule has 0 unspecified atom stereocenters. The van der Waals surface area contributed by atoms with Crippen molar-refractivity contribution in [2.45, 2.75) is 44.8 Å². The Bertz CT molecular complexity index is 1670. The average molecular weight is 535 g/mol. The number of pyridine rings is 1. The van der Waals surface area contributed by atoms with Crippen LogP contribution in [0.3, 0.4) is 0 Å². The Labute approximate surface area is 233 Å². The molecule has 2 N–H and O–H groups in total. The minimum Gasteiger partial charge on any atom is -0.490 e. The zero-order chi connectivity index (χ0) is 27.2. The van der Waals surface area contributed by atoms with Gasteiger partial charge in [0.25, 0.3) is 0 Å². The van der Waals surface area contributed by atoms with Crippen LogP contribution in [0.1, 0.15) is 38.4 Å². The first kappa shape index (κ1) is 25.0. The fraction of sp³-hybridized carbons (Fsp3) is 0.344. The molecule has 1 aliphatic heterocycles. The highest BCUT2D eigenvalue weighted by Crippen LogP contribution is 2.42. The number of rotatable bonds is 6. The summed E-state index contributed by atoms with van der Waals surface area (Å²) in [6.07, 6.45) is 5.98. The molecule has 40 heavy (non-hydrogen) atoms. The number of nitrogens with two attached hydrogens (primary N) is 1. The van der Waals surface area contributed by atoms with Gasteiger partial charge in [-0.15, -0.1) is 0 Å². The topological polar surface area (TPSA) is 90.8 Å². The SMILES string of the molecule is CC(C)Oc1cc(-c2ccccc2)nc2cc(-c3nc(C4CC(N5CCOCC5)C4)n4ccnc(N)c34)ccc12. The summed E-state index contributed by atoms with van der Waals surface area (Å²) in [5.74, 6) is 2.74. The minimum absolute atomic E-state index is 0.0446. The van der Waals surface area contributed by atoms with Gasteiger partial charge in [-0.25, -0.2) is 15.0 Å². The molecule has 8 nitrogen and oxygen atoms in total. The highest BCUT2D eigenvalue weighted by molar-refractivity contribution is 5.94. The quantitative estimate of drug-likeness (QED) is 0.305. The second kappa shape index (κ2) is 10.2. The number of ether oxygens (including phenoxy) is 2. The molecule has 1 saturated carbocycles. The fourth-order valence-corrected chi connectivity index (χ4v) is 6.07. The molecule has 0 bridgehead atoms. The van der Waals surface area contributed by atoms with Gasteiger partial charge in [0, 0.05) is 60.0 Å². The van der Waals surface area contributed by atoms with Crippen LogP contribution in [0.2, 0.25) is 0 Å². The normalized spacial score (nSPS) is 19.8. The van der Waals surface area contributed by atoms with Crippen LogP contribution < -0.4 is 10.5 Å². The maximum absolute atomic E-state index is 6.47. The maximum atomic E-state index is 6.47. The first-order valence-electron chi connectivity index (χ1n) is 14.2. The highest BCUT2D eigenvalue weighted by Gasteiger charge is 2.38. The van der Waals surface area contributed by atoms with Gasteiger partial charge in [0.2, 0.25) is 0 Å². The van der Waals surface area contributed by atoms with Gasteiger partial charge in [-0.05, 0) is 38.8 Å². The zero-order valence-corrected chi connectivity index (χ0v) is 23.0. The van der Waals surface area contributed by atoms with Crippen molar-refractivity contribution in [3.05, 3.63) is 72.8 Å². The van der Waals surface area contributed by atoms with E-state index < -0.39 is 0 Å². The molecular formula is C32H34N6O2. The molecule has 8 heteroatoms. The molecule has 3 aromatic heterocycles. The summed E-state index contributed by atoms with van der Waals surface area (Å²) >= 11 is 0. The van der Waals surface area contributed by atoms with Crippen LogP contribution in [0.4, 0.5) is 5.82 Å². The number of anilines is 1. The van der Waals surface area contributed by atoms with E-state index in [0.29, 0.717) is 17.8 Å². The third kappa shape index (κ3) is 4.47. The highest BCUT2D eigenvalue weighted by atomic mass is 16.5. The summed E-state index contributed by atoms with van der Waals surface area (Å²) in [6.45, 7) is 7.76. The van der Waals surface area contributed by atoms with Gasteiger partial charge in [0.15, 0.2) is 0 Å². The lowest BCUT2D eigenvalue weighted by atomic mass is 9.78. The van der Waals surface area contributed by atoms with Crippen LogP contribution in [-0.4, -0.2) is 62.7 Å². The average Bonchev–Trinajstić information content (AvgIpc) is 3.33. The van der Waals surface area contributed by atoms with Gasteiger partial charge in [-0.1, -0.05) is 36.4 Å². The molecule has 7 rings (SSSR count). The van der Waals surface area contributed by atoms with Crippen molar-refractivity contribution in [1.82, 2.24) is 24.3 Å². The molecular weight excluding hydrogens is 500 g/mol. The van der Waals surface area contributed by atoms with E-state index in [9.17, 15) is 0 Å². The van der Waals surface area contributed by atoms with E-state index in [2.05, 4.69) is 44.6 Å². The Morgan fingerprint density at radius 3 is 2.55 bits per heavy atom. The Morgan fingerprint density at radius 1 is 0.975 bits per heavy atom. The van der Waals surface area contributed by atoms with Crippen molar-refractivity contribution in [3.63, 3.8) is 0 Å². The third-order valence-electron chi connectivity index (χ3n) is 8.13. The number of hydrogen-bond acceptors (Lipinski definition) is 7. The van der Waals surface area contributed by atoms with E-state index in [1.807, 2.05) is 44.3 Å². The van der Waals surface area contributed by atoms with E-state index >= 15 is 0 Å². The summed E-state index contributed by atoms with van der Waals surface area (Å²) < 4.78 is 13.9. The number of nitrogens with zero attached hydrogens (tertiary/aromatic N) is 5. The maximum Gasteiger partial charge on any atom is 0.150 e. The monoisotopic (exact) mass is 534 g/mol. The third-order valence-corrected chi connectivity index (χ3v) is 8.13. The molecule has 2 fully saturated rings. The van der Waals surface area contributed by atoms with E-state index in [-0.39, 0.29) is 6.10 Å². The first-order valence-corrected chi connectivity index (χ1v) is 14.2. The van der Waals surface area contributed by atoms with Crippen LogP contribution in [-0.2, 0) is 4.74 Å². The van der Waals surface area contributed by atoms with Gasteiger partial charge in [-0.3, -0.25) is 9.30 Å². The summed E-state index contributed by atoms with van der Waals surface area (Å²) in [6, 6.07) is 19.1. The summed E-state index contributed by atoms with van der Waals surface area (Å²) in [5, 5.41) is 0.972. The lowest BCUT2D eigenvalue weighted by Gasteiger charge is -2.43. The zero-order valence-electron chi connectivity index (χ0n) is 23.0. The molecule has 0 radical (unpaired) electrons. The summed E-state index contributed by atoms with van der Waals surface area (Å²) in [4.78, 5) is 17.3. The van der Waals surface area contributed by atoms with E-state index in [1.54, 1.807) is 6.20 Å². The Hall–Kier alpha value is -4.01. The standard InChI is InChI=1S/C32H34N6O2/c1-20(2)40-28-19-26(21-6-4-3-5-7-21)35-27-18-22(8-9-25(27)28)29-30-31(33)34-10-11-38(30)32(36-29)23-16-24(17-23)37-12-14-39-15-13-37/h3-11,18-20,23-24H,12-17H2,1-2H3,(H2,33,34). The molecule has 1 saturated heterocycles. The van der Waals surface area contributed by atoms with Crippen LogP contribution >= 0.6 is 0 Å². The lowest BCUT2D eigenvalue weighted by Crippen LogP contribution is -2.49. The number of benzene rings is 2. The summed E-state index contributed by atoms with van der Waals surface area (Å²) in [7, 11) is 0. The molecule has 5 aromatic rings. The Morgan fingerprint density at radius 2 is 1.77 bits per heavy atom. The smallest absolute Gasteiger partial charge is 0.150 e. The number of aromatic nitrogens is 4. The van der Waals surface area contributed by atoms with Gasteiger partial charge >= 0.3 is 0 Å². The second-order valence-electron chi connectivity index (χ2n) is 11.1.